The van der Waals surface area contributed by atoms with Crippen LogP contribution in [0.3, 0.4) is 0 Å². The fourth-order valence-corrected chi connectivity index (χ4v) is 2.24. The van der Waals surface area contributed by atoms with Crippen LogP contribution in [0.4, 0.5) is 0 Å². The summed E-state index contributed by atoms with van der Waals surface area (Å²) in [7, 11) is 1.98. The standard InChI is InChI=1S/C13H13N3O/c1-16-9-15-11-4-10(2-3-12(11)16)5-13(6-14)7-17-8-13/h2-4,9H,5,7-8H2,1H3. The number of hydrogen-bond acceptors (Lipinski definition) is 3. The molecule has 0 unspecified atom stereocenters. The van der Waals surface area contributed by atoms with Crippen molar-refractivity contribution in [3.05, 3.63) is 30.1 Å². The molecule has 4 heteroatoms. The Morgan fingerprint density at radius 1 is 1.53 bits per heavy atom. The Kier molecular flexibility index (Phi) is 2.17. The molecule has 0 saturated carbocycles. The summed E-state index contributed by atoms with van der Waals surface area (Å²) < 4.78 is 7.14. The SMILES string of the molecule is Cn1cnc2cc(CC3(C#N)COC3)ccc21. The van der Waals surface area contributed by atoms with E-state index in [1.165, 1.54) is 0 Å². The van der Waals surface area contributed by atoms with Crippen molar-refractivity contribution < 1.29 is 4.74 Å². The third-order valence-corrected chi connectivity index (χ3v) is 3.33. The first-order valence-corrected chi connectivity index (χ1v) is 5.61. The highest BCUT2D eigenvalue weighted by Gasteiger charge is 2.38. The van der Waals surface area contributed by atoms with Gasteiger partial charge in [-0.25, -0.2) is 4.98 Å². The van der Waals surface area contributed by atoms with Crippen LogP contribution in [0.2, 0.25) is 0 Å². The van der Waals surface area contributed by atoms with Crippen molar-refractivity contribution in [1.82, 2.24) is 9.55 Å². The summed E-state index contributed by atoms with van der Waals surface area (Å²) in [5.41, 5.74) is 2.94. The summed E-state index contributed by atoms with van der Waals surface area (Å²) in [5.74, 6) is 0. The summed E-state index contributed by atoms with van der Waals surface area (Å²) in [5, 5.41) is 9.17. The second kappa shape index (κ2) is 3.57. The van der Waals surface area contributed by atoms with E-state index in [-0.39, 0.29) is 5.41 Å². The molecule has 0 spiro atoms. The largest absolute Gasteiger partial charge is 0.378 e. The topological polar surface area (TPSA) is 50.8 Å². The lowest BCUT2D eigenvalue weighted by molar-refractivity contribution is -0.0765. The van der Waals surface area contributed by atoms with Gasteiger partial charge in [-0.3, -0.25) is 0 Å². The Hall–Kier alpha value is -1.86. The van der Waals surface area contributed by atoms with Gasteiger partial charge in [0.1, 0.15) is 5.41 Å². The third-order valence-electron chi connectivity index (χ3n) is 3.33. The van der Waals surface area contributed by atoms with Crippen LogP contribution in [0.5, 0.6) is 0 Å². The zero-order valence-electron chi connectivity index (χ0n) is 9.68. The number of hydrogen-bond donors (Lipinski definition) is 0. The molecule has 0 atom stereocenters. The Bertz CT molecular complexity index is 605. The van der Waals surface area contributed by atoms with E-state index in [9.17, 15) is 0 Å². The molecule has 0 radical (unpaired) electrons. The van der Waals surface area contributed by atoms with E-state index in [0.29, 0.717) is 13.2 Å². The zero-order chi connectivity index (χ0) is 11.9. The van der Waals surface area contributed by atoms with Gasteiger partial charge >= 0.3 is 0 Å². The number of nitriles is 1. The number of nitrogens with zero attached hydrogens (tertiary/aromatic N) is 3. The minimum absolute atomic E-state index is 0.317. The third kappa shape index (κ3) is 1.60. The summed E-state index contributed by atoms with van der Waals surface area (Å²) >= 11 is 0. The molecule has 4 nitrogen and oxygen atoms in total. The molecule has 1 aromatic heterocycles. The highest BCUT2D eigenvalue weighted by molar-refractivity contribution is 5.76. The molecular formula is C13H13N3O. The van der Waals surface area contributed by atoms with Crippen molar-refractivity contribution in [3.63, 3.8) is 0 Å². The Balaban J connectivity index is 1.94. The van der Waals surface area contributed by atoms with Gasteiger partial charge in [0.2, 0.25) is 0 Å². The monoisotopic (exact) mass is 227 g/mol. The molecule has 0 amide bonds. The Morgan fingerprint density at radius 3 is 3.00 bits per heavy atom. The Morgan fingerprint density at radius 2 is 2.35 bits per heavy atom. The minimum atomic E-state index is -0.317. The highest BCUT2D eigenvalue weighted by atomic mass is 16.5. The number of benzene rings is 1. The van der Waals surface area contributed by atoms with E-state index in [4.69, 9.17) is 10.00 Å². The van der Waals surface area contributed by atoms with Crippen LogP contribution in [0.25, 0.3) is 11.0 Å². The van der Waals surface area contributed by atoms with Crippen LogP contribution < -0.4 is 0 Å². The van der Waals surface area contributed by atoms with Gasteiger partial charge < -0.3 is 9.30 Å². The molecule has 1 aromatic carbocycles. The maximum absolute atomic E-state index is 9.17. The maximum Gasteiger partial charge on any atom is 0.108 e. The van der Waals surface area contributed by atoms with Crippen LogP contribution in [-0.4, -0.2) is 22.8 Å². The molecule has 2 aromatic rings. The van der Waals surface area contributed by atoms with Crippen molar-refractivity contribution in [2.45, 2.75) is 6.42 Å². The number of ether oxygens (including phenoxy) is 1. The molecule has 2 heterocycles. The fraction of sp³-hybridized carbons (Fsp3) is 0.385. The normalized spacial score (nSPS) is 17.6. The number of imidazole rings is 1. The lowest BCUT2D eigenvalue weighted by Crippen LogP contribution is -2.43. The van der Waals surface area contributed by atoms with Crippen molar-refractivity contribution in [3.8, 4) is 6.07 Å². The van der Waals surface area contributed by atoms with Crippen molar-refractivity contribution in [1.29, 1.82) is 5.26 Å². The van der Waals surface area contributed by atoms with Crippen LogP contribution in [0.1, 0.15) is 5.56 Å². The van der Waals surface area contributed by atoms with Gasteiger partial charge in [-0.15, -0.1) is 0 Å². The molecule has 86 valence electrons. The van der Waals surface area contributed by atoms with Gasteiger partial charge in [-0.1, -0.05) is 6.07 Å². The minimum Gasteiger partial charge on any atom is -0.378 e. The van der Waals surface area contributed by atoms with Crippen molar-refractivity contribution in [2.24, 2.45) is 12.5 Å². The predicted molar refractivity (Wildman–Crippen MR) is 63.3 cm³/mol. The lowest BCUT2D eigenvalue weighted by atomic mass is 9.81. The maximum atomic E-state index is 9.17. The van der Waals surface area contributed by atoms with E-state index in [1.54, 1.807) is 6.33 Å². The van der Waals surface area contributed by atoms with Gasteiger partial charge in [-0.05, 0) is 24.1 Å². The van der Waals surface area contributed by atoms with E-state index in [0.717, 1.165) is 23.0 Å². The molecule has 0 aliphatic carbocycles. The van der Waals surface area contributed by atoms with Gasteiger partial charge in [-0.2, -0.15) is 5.26 Å². The smallest absolute Gasteiger partial charge is 0.108 e. The van der Waals surface area contributed by atoms with E-state index >= 15 is 0 Å². The highest BCUT2D eigenvalue weighted by Crippen LogP contribution is 2.31. The Labute approximate surface area is 99.4 Å². The molecule has 1 saturated heterocycles. The molecular weight excluding hydrogens is 214 g/mol. The number of rotatable bonds is 2. The van der Waals surface area contributed by atoms with Crippen LogP contribution >= 0.6 is 0 Å². The molecule has 1 fully saturated rings. The lowest BCUT2D eigenvalue weighted by Gasteiger charge is -2.35. The van der Waals surface area contributed by atoms with Crippen LogP contribution in [0, 0.1) is 16.7 Å². The molecule has 0 N–H and O–H groups in total. The number of fused-ring (bicyclic) bond motifs is 1. The van der Waals surface area contributed by atoms with E-state index in [2.05, 4.69) is 29.3 Å². The van der Waals surface area contributed by atoms with E-state index in [1.807, 2.05) is 11.6 Å². The number of aryl methyl sites for hydroxylation is 1. The van der Waals surface area contributed by atoms with Gasteiger partial charge in [0.15, 0.2) is 0 Å². The molecule has 17 heavy (non-hydrogen) atoms. The summed E-state index contributed by atoms with van der Waals surface area (Å²) in [6.07, 6.45) is 2.55. The van der Waals surface area contributed by atoms with Crippen molar-refractivity contribution in [2.75, 3.05) is 13.2 Å². The first-order chi connectivity index (χ1) is 8.22. The number of aromatic nitrogens is 2. The fourth-order valence-electron chi connectivity index (χ4n) is 2.24. The first-order valence-electron chi connectivity index (χ1n) is 5.61. The second-order valence-corrected chi connectivity index (χ2v) is 4.74. The average Bonchev–Trinajstić information content (AvgIpc) is 2.65. The molecule has 1 aliphatic rings. The molecule has 3 rings (SSSR count). The van der Waals surface area contributed by atoms with Gasteiger partial charge in [0, 0.05) is 7.05 Å². The van der Waals surface area contributed by atoms with E-state index < -0.39 is 0 Å². The summed E-state index contributed by atoms with van der Waals surface area (Å²) in [4.78, 5) is 4.33. The average molecular weight is 227 g/mol. The predicted octanol–water partition coefficient (Wildman–Crippen LogP) is 1.66. The van der Waals surface area contributed by atoms with Gasteiger partial charge in [0.25, 0.3) is 0 Å². The van der Waals surface area contributed by atoms with Crippen LogP contribution in [0.15, 0.2) is 24.5 Å². The quantitative estimate of drug-likeness (QED) is 0.784. The van der Waals surface area contributed by atoms with Crippen LogP contribution in [-0.2, 0) is 18.2 Å². The van der Waals surface area contributed by atoms with Crippen molar-refractivity contribution >= 4 is 11.0 Å². The molecule has 0 bridgehead atoms. The molecule has 1 aliphatic heterocycles. The summed E-state index contributed by atoms with van der Waals surface area (Å²) in [6.45, 7) is 1.09. The van der Waals surface area contributed by atoms with Gasteiger partial charge in [0.05, 0.1) is 36.6 Å². The first kappa shape index (κ1) is 10.3. The second-order valence-electron chi connectivity index (χ2n) is 4.74. The summed E-state index contributed by atoms with van der Waals surface area (Å²) in [6, 6.07) is 8.56. The zero-order valence-corrected chi connectivity index (χ0v) is 9.68.